The number of hydrogen-bond donors (Lipinski definition) is 3. The fourth-order valence-electron chi connectivity index (χ4n) is 1.97. The SMILES string of the molecule is Cc1cccc(C)c1N=C(N)NC(=O)NC1CC1.O=C=NC1CC1. The molecule has 1 aromatic carbocycles. The van der Waals surface area contributed by atoms with Crippen LogP contribution in [0.3, 0.4) is 0 Å². The van der Waals surface area contributed by atoms with Crippen LogP contribution in [0.4, 0.5) is 10.5 Å². The van der Waals surface area contributed by atoms with Crippen molar-refractivity contribution in [3.8, 4) is 0 Å². The fourth-order valence-corrected chi connectivity index (χ4v) is 1.97. The van der Waals surface area contributed by atoms with Crippen LogP contribution in [0.15, 0.2) is 28.2 Å². The van der Waals surface area contributed by atoms with E-state index in [0.717, 1.165) is 42.5 Å². The molecule has 0 aliphatic heterocycles. The zero-order chi connectivity index (χ0) is 17.5. The second-order valence-electron chi connectivity index (χ2n) is 6.06. The summed E-state index contributed by atoms with van der Waals surface area (Å²) in [5, 5.41) is 5.32. The van der Waals surface area contributed by atoms with Gasteiger partial charge < -0.3 is 11.1 Å². The van der Waals surface area contributed by atoms with E-state index in [1.54, 1.807) is 0 Å². The van der Waals surface area contributed by atoms with Gasteiger partial charge in [0.2, 0.25) is 12.0 Å². The number of guanidine groups is 1. The van der Waals surface area contributed by atoms with Gasteiger partial charge in [-0.25, -0.2) is 19.6 Å². The average Bonchev–Trinajstić information content (AvgIpc) is 3.40. The first-order chi connectivity index (χ1) is 11.5. The number of nitrogens with zero attached hydrogens (tertiary/aromatic N) is 2. The van der Waals surface area contributed by atoms with Gasteiger partial charge in [-0.05, 0) is 50.7 Å². The third-order valence-electron chi connectivity index (χ3n) is 3.61. The standard InChI is InChI=1S/C13H18N4O.C4H5NO/c1-8-4-3-5-9(2)11(8)16-12(14)17-13(18)15-10-6-7-10;6-3-5-4-1-2-4/h3-5,10H,6-7H2,1-2H3,(H4,14,15,16,17,18);4H,1-2H2. The maximum atomic E-state index is 11.5. The summed E-state index contributed by atoms with van der Waals surface area (Å²) < 4.78 is 0. The van der Waals surface area contributed by atoms with E-state index in [0.29, 0.717) is 12.1 Å². The molecule has 2 aliphatic rings. The molecule has 1 aromatic rings. The third-order valence-corrected chi connectivity index (χ3v) is 3.61. The van der Waals surface area contributed by atoms with Gasteiger partial charge in [-0.1, -0.05) is 18.2 Å². The average molecular weight is 329 g/mol. The second kappa shape index (κ2) is 8.26. The van der Waals surface area contributed by atoms with Crippen molar-refractivity contribution in [2.45, 2.75) is 51.6 Å². The molecule has 0 atom stereocenters. The molecule has 2 saturated carbocycles. The van der Waals surface area contributed by atoms with E-state index in [1.807, 2.05) is 32.0 Å². The summed E-state index contributed by atoms with van der Waals surface area (Å²) in [6.45, 7) is 3.92. The number of nitrogens with one attached hydrogen (secondary N) is 2. The third kappa shape index (κ3) is 6.22. The molecule has 2 fully saturated rings. The number of para-hydroxylation sites is 1. The first-order valence-corrected chi connectivity index (χ1v) is 8.04. The summed E-state index contributed by atoms with van der Waals surface area (Å²) in [5.41, 5.74) is 8.59. The highest BCUT2D eigenvalue weighted by Crippen LogP contribution is 2.23. The molecule has 7 heteroatoms. The van der Waals surface area contributed by atoms with Gasteiger partial charge >= 0.3 is 6.03 Å². The van der Waals surface area contributed by atoms with Gasteiger partial charge in [0.05, 0.1) is 11.7 Å². The van der Waals surface area contributed by atoms with Crippen molar-refractivity contribution in [3.63, 3.8) is 0 Å². The molecule has 0 heterocycles. The van der Waals surface area contributed by atoms with Crippen LogP contribution in [0.5, 0.6) is 0 Å². The van der Waals surface area contributed by atoms with Gasteiger partial charge in [-0.3, -0.25) is 5.32 Å². The summed E-state index contributed by atoms with van der Waals surface area (Å²) in [7, 11) is 0. The van der Waals surface area contributed by atoms with Crippen molar-refractivity contribution in [2.75, 3.05) is 0 Å². The fraction of sp³-hybridized carbons (Fsp3) is 0.471. The van der Waals surface area contributed by atoms with E-state index >= 15 is 0 Å². The quantitative estimate of drug-likeness (QED) is 0.449. The van der Waals surface area contributed by atoms with Gasteiger partial charge in [0, 0.05) is 6.04 Å². The van der Waals surface area contributed by atoms with Crippen LogP contribution in [0.1, 0.15) is 36.8 Å². The Morgan fingerprint density at radius 1 is 1.21 bits per heavy atom. The molecule has 0 unspecified atom stereocenters. The van der Waals surface area contributed by atoms with Gasteiger partial charge in [-0.2, -0.15) is 0 Å². The second-order valence-corrected chi connectivity index (χ2v) is 6.06. The summed E-state index contributed by atoms with van der Waals surface area (Å²) >= 11 is 0. The topological polar surface area (TPSA) is 109 Å². The number of amides is 2. The number of carbonyl (C=O) groups excluding carboxylic acids is 2. The zero-order valence-corrected chi connectivity index (χ0v) is 14.0. The van der Waals surface area contributed by atoms with E-state index < -0.39 is 0 Å². The lowest BCUT2D eigenvalue weighted by molar-refractivity contribution is 0.245. The number of aliphatic imine (C=N–C) groups is 2. The zero-order valence-electron chi connectivity index (χ0n) is 14.0. The number of carbonyl (C=O) groups is 1. The Bertz CT molecular complexity index is 651. The first-order valence-electron chi connectivity index (χ1n) is 8.04. The maximum absolute atomic E-state index is 11.5. The minimum atomic E-state index is -0.287. The molecule has 0 radical (unpaired) electrons. The Balaban J connectivity index is 0.000000292. The maximum Gasteiger partial charge on any atom is 0.321 e. The van der Waals surface area contributed by atoms with Crippen molar-refractivity contribution in [1.29, 1.82) is 0 Å². The molecule has 2 aliphatic carbocycles. The van der Waals surface area contributed by atoms with Crippen LogP contribution in [0.2, 0.25) is 0 Å². The highest BCUT2D eigenvalue weighted by Gasteiger charge is 2.23. The number of nitrogens with two attached hydrogens (primary N) is 1. The van der Waals surface area contributed by atoms with Gasteiger partial charge in [0.25, 0.3) is 0 Å². The minimum Gasteiger partial charge on any atom is -0.369 e. The van der Waals surface area contributed by atoms with Crippen LogP contribution in [0.25, 0.3) is 0 Å². The number of isocyanates is 1. The molecular formula is C17H23N5O2. The molecule has 4 N–H and O–H groups in total. The lowest BCUT2D eigenvalue weighted by Gasteiger charge is -2.08. The van der Waals surface area contributed by atoms with Crippen LogP contribution >= 0.6 is 0 Å². The minimum absolute atomic E-state index is 0.116. The summed E-state index contributed by atoms with van der Waals surface area (Å²) in [5.74, 6) is 0.116. The van der Waals surface area contributed by atoms with Crippen LogP contribution in [-0.4, -0.2) is 30.2 Å². The summed E-state index contributed by atoms with van der Waals surface area (Å²) in [6, 6.07) is 6.25. The van der Waals surface area contributed by atoms with E-state index in [4.69, 9.17) is 5.73 Å². The first kappa shape index (κ1) is 17.7. The smallest absolute Gasteiger partial charge is 0.321 e. The number of aryl methyl sites for hydroxylation is 2. The van der Waals surface area contributed by atoms with E-state index in [2.05, 4.69) is 20.6 Å². The van der Waals surface area contributed by atoms with Crippen molar-refractivity contribution in [1.82, 2.24) is 10.6 Å². The van der Waals surface area contributed by atoms with Crippen molar-refractivity contribution in [2.24, 2.45) is 15.7 Å². The largest absolute Gasteiger partial charge is 0.369 e. The van der Waals surface area contributed by atoms with Crippen LogP contribution in [-0.2, 0) is 4.79 Å². The van der Waals surface area contributed by atoms with Gasteiger partial charge in [0.1, 0.15) is 0 Å². The van der Waals surface area contributed by atoms with E-state index in [-0.39, 0.29) is 12.0 Å². The molecular weight excluding hydrogens is 306 g/mol. The molecule has 0 saturated heterocycles. The number of hydrogen-bond acceptors (Lipinski definition) is 4. The predicted octanol–water partition coefficient (Wildman–Crippen LogP) is 2.20. The molecule has 128 valence electrons. The Labute approximate surface area is 141 Å². The van der Waals surface area contributed by atoms with Gasteiger partial charge in [0.15, 0.2) is 0 Å². The predicted molar refractivity (Wildman–Crippen MR) is 93.0 cm³/mol. The Kier molecular flexibility index (Phi) is 6.09. The van der Waals surface area contributed by atoms with Crippen molar-refractivity contribution >= 4 is 23.8 Å². The summed E-state index contributed by atoms with van der Waals surface area (Å²) in [6.07, 6.45) is 5.78. The molecule has 24 heavy (non-hydrogen) atoms. The number of benzene rings is 1. The Hall–Kier alpha value is -2.66. The van der Waals surface area contributed by atoms with Crippen molar-refractivity contribution in [3.05, 3.63) is 29.3 Å². The normalized spacial score (nSPS) is 16.3. The molecule has 7 nitrogen and oxygen atoms in total. The molecule has 3 rings (SSSR count). The molecule has 0 spiro atoms. The summed E-state index contributed by atoms with van der Waals surface area (Å²) in [4.78, 5) is 28.5. The molecule has 0 bridgehead atoms. The number of rotatable bonds is 3. The van der Waals surface area contributed by atoms with E-state index in [9.17, 15) is 9.59 Å². The lowest BCUT2D eigenvalue weighted by atomic mass is 10.1. The van der Waals surface area contributed by atoms with E-state index in [1.165, 1.54) is 6.08 Å². The van der Waals surface area contributed by atoms with Crippen molar-refractivity contribution < 1.29 is 9.59 Å². The Morgan fingerprint density at radius 2 is 1.83 bits per heavy atom. The lowest BCUT2D eigenvalue weighted by Crippen LogP contribution is -2.44. The highest BCUT2D eigenvalue weighted by molar-refractivity contribution is 5.96. The van der Waals surface area contributed by atoms with Gasteiger partial charge in [-0.15, -0.1) is 0 Å². The van der Waals surface area contributed by atoms with Crippen LogP contribution < -0.4 is 16.4 Å². The highest BCUT2D eigenvalue weighted by atomic mass is 16.2. The molecule has 2 amide bonds. The molecule has 0 aromatic heterocycles. The monoisotopic (exact) mass is 329 g/mol. The van der Waals surface area contributed by atoms with Crippen LogP contribution in [0, 0.1) is 13.8 Å². The number of urea groups is 1. The Morgan fingerprint density at radius 3 is 2.29 bits per heavy atom.